The van der Waals surface area contributed by atoms with Gasteiger partial charge in [0.25, 0.3) is 0 Å². The fourth-order valence-electron chi connectivity index (χ4n) is 1.82. The van der Waals surface area contributed by atoms with Crippen molar-refractivity contribution in [1.29, 1.82) is 0 Å². The van der Waals surface area contributed by atoms with E-state index in [9.17, 15) is 0 Å². The van der Waals surface area contributed by atoms with Gasteiger partial charge < -0.3 is 10.1 Å². The third-order valence-corrected chi connectivity index (χ3v) is 3.01. The Morgan fingerprint density at radius 3 is 2.67 bits per heavy atom. The van der Waals surface area contributed by atoms with Gasteiger partial charge in [0.2, 0.25) is 0 Å². The van der Waals surface area contributed by atoms with Crippen LogP contribution in [0.15, 0.2) is 48.8 Å². The Kier molecular flexibility index (Phi) is 3.24. The largest absolute Gasteiger partial charge is 0.457 e. The predicted octanol–water partition coefficient (Wildman–Crippen LogP) is 3.13. The highest BCUT2D eigenvalue weighted by molar-refractivity contribution is 5.37. The summed E-state index contributed by atoms with van der Waals surface area (Å²) in [7, 11) is 0. The van der Waals surface area contributed by atoms with Crippen molar-refractivity contribution in [3.63, 3.8) is 0 Å². The van der Waals surface area contributed by atoms with E-state index in [1.165, 1.54) is 18.4 Å². The van der Waals surface area contributed by atoms with Gasteiger partial charge in [-0.1, -0.05) is 18.2 Å². The van der Waals surface area contributed by atoms with Gasteiger partial charge >= 0.3 is 0 Å². The third kappa shape index (κ3) is 2.87. The molecule has 0 aliphatic heterocycles. The molecule has 1 aliphatic rings. The van der Waals surface area contributed by atoms with Crippen molar-refractivity contribution in [2.45, 2.75) is 25.4 Å². The molecule has 0 radical (unpaired) electrons. The Bertz CT molecular complexity index is 509. The minimum Gasteiger partial charge on any atom is -0.457 e. The number of hydrogen-bond acceptors (Lipinski definition) is 3. The van der Waals surface area contributed by atoms with Crippen LogP contribution in [0.2, 0.25) is 0 Å². The van der Waals surface area contributed by atoms with E-state index < -0.39 is 0 Å². The molecular weight excluding hydrogens is 224 g/mol. The molecule has 2 aromatic rings. The first-order valence-corrected chi connectivity index (χ1v) is 6.31. The predicted molar refractivity (Wildman–Crippen MR) is 70.6 cm³/mol. The molecule has 0 amide bonds. The Morgan fingerprint density at radius 2 is 1.89 bits per heavy atom. The first kappa shape index (κ1) is 11.2. The maximum absolute atomic E-state index is 5.88. The number of benzene rings is 1. The zero-order valence-electron chi connectivity index (χ0n) is 10.2. The van der Waals surface area contributed by atoms with Crippen molar-refractivity contribution in [2.75, 3.05) is 0 Å². The number of rotatable bonds is 5. The van der Waals surface area contributed by atoms with Crippen molar-refractivity contribution in [3.8, 4) is 11.5 Å². The molecule has 0 bridgehead atoms. The van der Waals surface area contributed by atoms with E-state index in [1.54, 1.807) is 12.4 Å². The van der Waals surface area contributed by atoms with Gasteiger partial charge in [0.1, 0.15) is 11.5 Å². The molecule has 0 spiro atoms. The van der Waals surface area contributed by atoms with Crippen LogP contribution in [0.1, 0.15) is 18.4 Å². The monoisotopic (exact) mass is 240 g/mol. The summed E-state index contributed by atoms with van der Waals surface area (Å²) in [5.74, 6) is 1.74. The van der Waals surface area contributed by atoms with Crippen LogP contribution in [-0.4, -0.2) is 11.0 Å². The second-order valence-electron chi connectivity index (χ2n) is 4.55. The van der Waals surface area contributed by atoms with E-state index in [2.05, 4.69) is 16.4 Å². The van der Waals surface area contributed by atoms with Crippen LogP contribution in [-0.2, 0) is 6.54 Å². The zero-order valence-corrected chi connectivity index (χ0v) is 10.2. The summed E-state index contributed by atoms with van der Waals surface area (Å²) >= 11 is 0. The highest BCUT2D eigenvalue weighted by atomic mass is 16.5. The van der Waals surface area contributed by atoms with Crippen molar-refractivity contribution in [1.82, 2.24) is 10.3 Å². The van der Waals surface area contributed by atoms with Gasteiger partial charge in [-0.05, 0) is 31.0 Å². The fraction of sp³-hybridized carbons (Fsp3) is 0.267. The summed E-state index contributed by atoms with van der Waals surface area (Å²) in [5.41, 5.74) is 1.20. The van der Waals surface area contributed by atoms with Crippen LogP contribution in [0.3, 0.4) is 0 Å². The van der Waals surface area contributed by atoms with Crippen LogP contribution < -0.4 is 10.1 Å². The Morgan fingerprint density at radius 1 is 1.11 bits per heavy atom. The molecule has 1 aromatic carbocycles. The number of para-hydroxylation sites is 1. The van der Waals surface area contributed by atoms with Crippen LogP contribution >= 0.6 is 0 Å². The molecule has 1 aliphatic carbocycles. The average Bonchev–Trinajstić information content (AvgIpc) is 3.23. The Labute approximate surface area is 107 Å². The molecule has 1 saturated carbocycles. The van der Waals surface area contributed by atoms with E-state index >= 15 is 0 Å². The summed E-state index contributed by atoms with van der Waals surface area (Å²) in [4.78, 5) is 3.98. The molecule has 1 aromatic heterocycles. The number of nitrogens with zero attached hydrogens (tertiary/aromatic N) is 1. The molecule has 1 N–H and O–H groups in total. The highest BCUT2D eigenvalue weighted by Crippen LogP contribution is 2.26. The topological polar surface area (TPSA) is 34.1 Å². The van der Waals surface area contributed by atoms with Gasteiger partial charge in [0.15, 0.2) is 0 Å². The van der Waals surface area contributed by atoms with Gasteiger partial charge in [0.05, 0.1) is 0 Å². The molecule has 92 valence electrons. The third-order valence-electron chi connectivity index (χ3n) is 3.01. The second kappa shape index (κ2) is 5.19. The normalized spacial score (nSPS) is 14.4. The lowest BCUT2D eigenvalue weighted by Crippen LogP contribution is -2.15. The van der Waals surface area contributed by atoms with E-state index in [-0.39, 0.29) is 0 Å². The lowest BCUT2D eigenvalue weighted by molar-refractivity contribution is 0.472. The van der Waals surface area contributed by atoms with E-state index in [1.807, 2.05) is 30.3 Å². The molecule has 3 nitrogen and oxygen atoms in total. The minimum absolute atomic E-state index is 0.707. The van der Waals surface area contributed by atoms with E-state index in [0.717, 1.165) is 18.0 Å². The number of hydrogen-bond donors (Lipinski definition) is 1. The molecule has 18 heavy (non-hydrogen) atoms. The number of pyridine rings is 1. The van der Waals surface area contributed by atoms with Crippen molar-refractivity contribution in [2.24, 2.45) is 0 Å². The molecule has 0 atom stereocenters. The standard InChI is InChI=1S/C15H16N2O/c1-2-4-15(18-14-7-9-16-10-8-14)12(3-1)11-17-13-5-6-13/h1-4,7-10,13,17H,5-6,11H2. The van der Waals surface area contributed by atoms with E-state index in [0.29, 0.717) is 6.04 Å². The summed E-state index contributed by atoms with van der Waals surface area (Å²) in [6, 6.07) is 12.6. The molecule has 0 unspecified atom stereocenters. The summed E-state index contributed by atoms with van der Waals surface area (Å²) in [6.07, 6.45) is 6.07. The van der Waals surface area contributed by atoms with Gasteiger partial charge in [-0.25, -0.2) is 0 Å². The van der Waals surface area contributed by atoms with Crippen LogP contribution in [0.25, 0.3) is 0 Å². The summed E-state index contributed by atoms with van der Waals surface area (Å²) in [6.45, 7) is 0.867. The zero-order chi connectivity index (χ0) is 12.2. The Balaban J connectivity index is 1.73. The number of ether oxygens (including phenoxy) is 1. The summed E-state index contributed by atoms with van der Waals surface area (Å²) < 4.78 is 5.88. The maximum Gasteiger partial charge on any atom is 0.131 e. The first-order chi connectivity index (χ1) is 8.92. The molecule has 3 rings (SSSR count). The number of nitrogens with one attached hydrogen (secondary N) is 1. The average molecular weight is 240 g/mol. The van der Waals surface area contributed by atoms with Gasteiger partial charge in [-0.2, -0.15) is 0 Å². The summed E-state index contributed by atoms with van der Waals surface area (Å²) in [5, 5.41) is 3.51. The first-order valence-electron chi connectivity index (χ1n) is 6.31. The second-order valence-corrected chi connectivity index (χ2v) is 4.55. The van der Waals surface area contributed by atoms with E-state index in [4.69, 9.17) is 4.74 Å². The fourth-order valence-corrected chi connectivity index (χ4v) is 1.82. The maximum atomic E-state index is 5.88. The van der Waals surface area contributed by atoms with Crippen molar-refractivity contribution >= 4 is 0 Å². The quantitative estimate of drug-likeness (QED) is 0.871. The Hall–Kier alpha value is -1.87. The van der Waals surface area contributed by atoms with Crippen LogP contribution in [0, 0.1) is 0 Å². The molecule has 1 fully saturated rings. The molecule has 0 saturated heterocycles. The molecule has 1 heterocycles. The highest BCUT2D eigenvalue weighted by Gasteiger charge is 2.20. The smallest absolute Gasteiger partial charge is 0.131 e. The van der Waals surface area contributed by atoms with Crippen LogP contribution in [0.5, 0.6) is 11.5 Å². The van der Waals surface area contributed by atoms with Crippen molar-refractivity contribution < 1.29 is 4.74 Å². The SMILES string of the molecule is c1ccc(Oc2ccncc2)c(CNC2CC2)c1. The minimum atomic E-state index is 0.707. The molecule has 3 heteroatoms. The van der Waals surface area contributed by atoms with Gasteiger partial charge in [-0.3, -0.25) is 4.98 Å². The number of aromatic nitrogens is 1. The van der Waals surface area contributed by atoms with Crippen LogP contribution in [0.4, 0.5) is 0 Å². The van der Waals surface area contributed by atoms with Crippen molar-refractivity contribution in [3.05, 3.63) is 54.4 Å². The van der Waals surface area contributed by atoms with Gasteiger partial charge in [-0.15, -0.1) is 0 Å². The lowest BCUT2D eigenvalue weighted by atomic mass is 10.2. The lowest BCUT2D eigenvalue weighted by Gasteiger charge is -2.11. The van der Waals surface area contributed by atoms with Gasteiger partial charge in [0, 0.05) is 30.5 Å². The molecular formula is C15H16N2O.